The molecule has 1 aromatic rings. The van der Waals surface area contributed by atoms with E-state index in [4.69, 9.17) is 0 Å². The fourth-order valence-electron chi connectivity index (χ4n) is 3.03. The van der Waals surface area contributed by atoms with Gasteiger partial charge in [0.1, 0.15) is 0 Å². The van der Waals surface area contributed by atoms with Gasteiger partial charge in [-0.2, -0.15) is 0 Å². The molecule has 3 atom stereocenters. The van der Waals surface area contributed by atoms with Crippen molar-refractivity contribution in [3.05, 3.63) is 35.4 Å². The van der Waals surface area contributed by atoms with Crippen LogP contribution in [0.5, 0.6) is 0 Å². The normalized spacial score (nSPS) is 26.1. The Balaban J connectivity index is 2.14. The SMILES string of the molecule is Cc1cccc(C(C)N2CC(C)CC(C(=O)O)C2)c1. The number of carboxylic acids is 1. The molecule has 2 rings (SSSR count). The van der Waals surface area contributed by atoms with Crippen LogP contribution in [0, 0.1) is 18.8 Å². The van der Waals surface area contributed by atoms with Gasteiger partial charge in [0.15, 0.2) is 0 Å². The van der Waals surface area contributed by atoms with Crippen LogP contribution in [0.1, 0.15) is 37.4 Å². The Morgan fingerprint density at radius 2 is 2.16 bits per heavy atom. The predicted molar refractivity (Wildman–Crippen MR) is 76.1 cm³/mol. The van der Waals surface area contributed by atoms with Gasteiger partial charge in [0.25, 0.3) is 0 Å². The molecule has 0 aromatic heterocycles. The molecule has 1 aliphatic rings. The Kier molecular flexibility index (Phi) is 4.25. The molecule has 1 heterocycles. The molecule has 0 saturated carbocycles. The van der Waals surface area contributed by atoms with E-state index in [1.165, 1.54) is 11.1 Å². The first kappa shape index (κ1) is 14.1. The second-order valence-corrected chi connectivity index (χ2v) is 5.92. The molecule has 0 bridgehead atoms. The maximum atomic E-state index is 11.2. The second-order valence-electron chi connectivity index (χ2n) is 5.92. The number of aryl methyl sites for hydroxylation is 1. The van der Waals surface area contributed by atoms with Gasteiger partial charge >= 0.3 is 5.97 Å². The monoisotopic (exact) mass is 261 g/mol. The summed E-state index contributed by atoms with van der Waals surface area (Å²) in [7, 11) is 0. The highest BCUT2D eigenvalue weighted by atomic mass is 16.4. The van der Waals surface area contributed by atoms with Gasteiger partial charge in [0.05, 0.1) is 5.92 Å². The van der Waals surface area contributed by atoms with Crippen molar-refractivity contribution in [1.82, 2.24) is 4.90 Å². The third-order valence-electron chi connectivity index (χ3n) is 4.11. The molecule has 0 amide bonds. The van der Waals surface area contributed by atoms with E-state index in [0.717, 1.165) is 13.0 Å². The van der Waals surface area contributed by atoms with E-state index in [1.54, 1.807) is 0 Å². The van der Waals surface area contributed by atoms with Gasteiger partial charge in [-0.3, -0.25) is 9.69 Å². The predicted octanol–water partition coefficient (Wildman–Crippen LogP) is 3.10. The van der Waals surface area contributed by atoms with Crippen LogP contribution in [-0.2, 0) is 4.79 Å². The molecule has 19 heavy (non-hydrogen) atoms. The second kappa shape index (κ2) is 5.74. The number of carbonyl (C=O) groups is 1. The molecule has 1 aromatic carbocycles. The van der Waals surface area contributed by atoms with E-state index in [0.29, 0.717) is 12.5 Å². The van der Waals surface area contributed by atoms with Crippen LogP contribution in [-0.4, -0.2) is 29.1 Å². The molecule has 3 heteroatoms. The van der Waals surface area contributed by atoms with Crippen LogP contribution in [0.25, 0.3) is 0 Å². The highest BCUT2D eigenvalue weighted by Crippen LogP contribution is 2.29. The summed E-state index contributed by atoms with van der Waals surface area (Å²) in [6.07, 6.45) is 0.798. The maximum Gasteiger partial charge on any atom is 0.307 e. The van der Waals surface area contributed by atoms with Gasteiger partial charge in [-0.1, -0.05) is 36.8 Å². The first-order chi connectivity index (χ1) is 8.97. The van der Waals surface area contributed by atoms with Gasteiger partial charge in [0, 0.05) is 19.1 Å². The van der Waals surface area contributed by atoms with E-state index < -0.39 is 5.97 Å². The smallest absolute Gasteiger partial charge is 0.307 e. The van der Waals surface area contributed by atoms with Crippen molar-refractivity contribution in [3.8, 4) is 0 Å². The molecule has 1 aliphatic heterocycles. The van der Waals surface area contributed by atoms with Crippen LogP contribution >= 0.6 is 0 Å². The van der Waals surface area contributed by atoms with Gasteiger partial charge in [-0.25, -0.2) is 0 Å². The average Bonchev–Trinajstić information content (AvgIpc) is 2.37. The van der Waals surface area contributed by atoms with Crippen molar-refractivity contribution in [1.29, 1.82) is 0 Å². The zero-order valence-corrected chi connectivity index (χ0v) is 12.0. The van der Waals surface area contributed by atoms with Crippen molar-refractivity contribution in [3.63, 3.8) is 0 Å². The lowest BCUT2D eigenvalue weighted by molar-refractivity contribution is -0.144. The zero-order valence-electron chi connectivity index (χ0n) is 12.0. The van der Waals surface area contributed by atoms with Crippen LogP contribution in [0.4, 0.5) is 0 Å². The number of likely N-dealkylation sites (tertiary alicyclic amines) is 1. The minimum absolute atomic E-state index is 0.226. The quantitative estimate of drug-likeness (QED) is 0.909. The summed E-state index contributed by atoms with van der Waals surface area (Å²) in [5.41, 5.74) is 2.53. The van der Waals surface area contributed by atoms with Crippen molar-refractivity contribution in [2.45, 2.75) is 33.2 Å². The molecular weight excluding hydrogens is 238 g/mol. The Morgan fingerprint density at radius 3 is 2.79 bits per heavy atom. The summed E-state index contributed by atoms with van der Waals surface area (Å²) >= 11 is 0. The number of carboxylic acid groups (broad SMARTS) is 1. The minimum Gasteiger partial charge on any atom is -0.481 e. The van der Waals surface area contributed by atoms with E-state index in [-0.39, 0.29) is 12.0 Å². The third-order valence-corrected chi connectivity index (χ3v) is 4.11. The molecule has 104 valence electrons. The molecule has 0 aliphatic carbocycles. The Labute approximate surface area is 115 Å². The van der Waals surface area contributed by atoms with Crippen LogP contribution in [0.2, 0.25) is 0 Å². The van der Waals surface area contributed by atoms with Crippen molar-refractivity contribution in [2.24, 2.45) is 11.8 Å². The molecular formula is C16H23NO2. The molecule has 0 radical (unpaired) electrons. The topological polar surface area (TPSA) is 40.5 Å². The van der Waals surface area contributed by atoms with Crippen molar-refractivity contribution in [2.75, 3.05) is 13.1 Å². The highest BCUT2D eigenvalue weighted by molar-refractivity contribution is 5.70. The molecule has 0 spiro atoms. The molecule has 3 unspecified atom stereocenters. The minimum atomic E-state index is -0.659. The number of hydrogen-bond acceptors (Lipinski definition) is 2. The van der Waals surface area contributed by atoms with Crippen molar-refractivity contribution < 1.29 is 9.90 Å². The van der Waals surface area contributed by atoms with Gasteiger partial charge in [-0.05, 0) is 31.7 Å². The molecule has 1 N–H and O–H groups in total. The van der Waals surface area contributed by atoms with Gasteiger partial charge in [0.2, 0.25) is 0 Å². The van der Waals surface area contributed by atoms with E-state index in [9.17, 15) is 9.90 Å². The lowest BCUT2D eigenvalue weighted by Crippen LogP contribution is -2.43. The lowest BCUT2D eigenvalue weighted by Gasteiger charge is -2.38. The number of nitrogens with zero attached hydrogens (tertiary/aromatic N) is 1. The standard InChI is InChI=1S/C16H23NO2/c1-11-5-4-6-14(7-11)13(3)17-9-12(2)8-15(10-17)16(18)19/h4-7,12-13,15H,8-10H2,1-3H3,(H,18,19). The highest BCUT2D eigenvalue weighted by Gasteiger charge is 2.31. The van der Waals surface area contributed by atoms with E-state index in [2.05, 4.69) is 49.9 Å². The van der Waals surface area contributed by atoms with Crippen molar-refractivity contribution >= 4 is 5.97 Å². The Hall–Kier alpha value is -1.35. The van der Waals surface area contributed by atoms with Crippen LogP contribution in [0.3, 0.4) is 0 Å². The summed E-state index contributed by atoms with van der Waals surface area (Å²) in [6.45, 7) is 8.06. The Bertz CT molecular complexity index is 458. The number of rotatable bonds is 3. The Morgan fingerprint density at radius 1 is 1.42 bits per heavy atom. The maximum absolute atomic E-state index is 11.2. The summed E-state index contributed by atoms with van der Waals surface area (Å²) in [5, 5.41) is 9.24. The average molecular weight is 261 g/mol. The lowest BCUT2D eigenvalue weighted by atomic mass is 9.88. The first-order valence-electron chi connectivity index (χ1n) is 7.00. The molecule has 1 saturated heterocycles. The first-order valence-corrected chi connectivity index (χ1v) is 7.00. The number of hydrogen-bond donors (Lipinski definition) is 1. The summed E-state index contributed by atoms with van der Waals surface area (Å²) in [6, 6.07) is 8.77. The van der Waals surface area contributed by atoms with E-state index >= 15 is 0 Å². The van der Waals surface area contributed by atoms with Gasteiger partial charge < -0.3 is 5.11 Å². The van der Waals surface area contributed by atoms with Gasteiger partial charge in [-0.15, -0.1) is 0 Å². The fraction of sp³-hybridized carbons (Fsp3) is 0.562. The third kappa shape index (κ3) is 3.35. The van der Waals surface area contributed by atoms with E-state index in [1.807, 2.05) is 0 Å². The fourth-order valence-corrected chi connectivity index (χ4v) is 3.03. The molecule has 3 nitrogen and oxygen atoms in total. The van der Waals surface area contributed by atoms with Crippen LogP contribution < -0.4 is 0 Å². The summed E-state index contributed by atoms with van der Waals surface area (Å²) in [4.78, 5) is 13.5. The summed E-state index contributed by atoms with van der Waals surface area (Å²) in [5.74, 6) is -0.439. The number of aliphatic carboxylic acids is 1. The summed E-state index contributed by atoms with van der Waals surface area (Å²) < 4.78 is 0. The van der Waals surface area contributed by atoms with Crippen LogP contribution in [0.15, 0.2) is 24.3 Å². The zero-order chi connectivity index (χ0) is 14.0. The number of piperidine rings is 1. The molecule has 1 fully saturated rings. The largest absolute Gasteiger partial charge is 0.481 e. The number of benzene rings is 1.